The Hall–Kier alpha value is -2.41. The highest BCUT2D eigenvalue weighted by Gasteiger charge is 2.41. The molecule has 3 atom stereocenters. The lowest BCUT2D eigenvalue weighted by Gasteiger charge is -2.34. The maximum absolute atomic E-state index is 13.0. The fourth-order valence-electron chi connectivity index (χ4n) is 5.07. The number of carbonyl (C=O) groups excluding carboxylic acids is 1. The van der Waals surface area contributed by atoms with E-state index in [4.69, 9.17) is 9.51 Å². The third kappa shape index (κ3) is 3.21. The van der Waals surface area contributed by atoms with Gasteiger partial charge in [0.1, 0.15) is 11.3 Å². The van der Waals surface area contributed by atoms with Gasteiger partial charge in [0.25, 0.3) is 5.91 Å². The average molecular weight is 411 g/mol. The number of rotatable bonds is 3. The smallest absolute Gasteiger partial charge is 0.259 e. The number of anilines is 1. The van der Waals surface area contributed by atoms with E-state index in [0.717, 1.165) is 36.6 Å². The van der Waals surface area contributed by atoms with Crippen molar-refractivity contribution in [1.29, 1.82) is 0 Å². The zero-order valence-electron chi connectivity index (χ0n) is 17.1. The highest BCUT2D eigenvalue weighted by atomic mass is 32.1. The van der Waals surface area contributed by atoms with Crippen LogP contribution in [-0.2, 0) is 0 Å². The van der Waals surface area contributed by atoms with E-state index in [1.807, 2.05) is 31.9 Å². The fourth-order valence-corrected chi connectivity index (χ4v) is 6.07. The van der Waals surface area contributed by atoms with Crippen LogP contribution in [0.15, 0.2) is 28.8 Å². The van der Waals surface area contributed by atoms with Gasteiger partial charge >= 0.3 is 0 Å². The van der Waals surface area contributed by atoms with E-state index in [9.17, 15) is 4.79 Å². The molecular formula is C22H26N4O2S. The molecule has 0 unspecified atom stereocenters. The van der Waals surface area contributed by atoms with Crippen LogP contribution >= 0.6 is 11.3 Å². The van der Waals surface area contributed by atoms with Gasteiger partial charge in [-0.2, -0.15) is 0 Å². The van der Waals surface area contributed by atoms with Gasteiger partial charge in [0.15, 0.2) is 5.13 Å². The number of amides is 1. The summed E-state index contributed by atoms with van der Waals surface area (Å²) in [6.45, 7) is 5.73. The van der Waals surface area contributed by atoms with E-state index in [0.29, 0.717) is 28.9 Å². The highest BCUT2D eigenvalue weighted by Crippen LogP contribution is 2.42. The number of thiazole rings is 1. The quantitative estimate of drug-likeness (QED) is 0.645. The van der Waals surface area contributed by atoms with Gasteiger partial charge in [0.2, 0.25) is 0 Å². The molecule has 2 fully saturated rings. The second kappa shape index (κ2) is 7.13. The SMILES string of the molecule is Cc1noc(C)c1C(=O)N(C)[C@H]1C[C@H]2CCN(c3nc4ccccc4s3)C[C@H]2C1. The van der Waals surface area contributed by atoms with Gasteiger partial charge in [0.05, 0.1) is 15.9 Å². The van der Waals surface area contributed by atoms with Crippen LogP contribution in [0.2, 0.25) is 0 Å². The minimum atomic E-state index is 0.0351. The summed E-state index contributed by atoms with van der Waals surface area (Å²) in [5.41, 5.74) is 2.39. The maximum atomic E-state index is 13.0. The van der Waals surface area contributed by atoms with Crippen molar-refractivity contribution in [3.8, 4) is 0 Å². The molecule has 1 aromatic carbocycles. The topological polar surface area (TPSA) is 62.5 Å². The molecule has 6 nitrogen and oxygen atoms in total. The molecule has 5 rings (SSSR count). The Kier molecular flexibility index (Phi) is 4.57. The molecular weight excluding hydrogens is 384 g/mol. The summed E-state index contributed by atoms with van der Waals surface area (Å²) in [6.07, 6.45) is 3.31. The lowest BCUT2D eigenvalue weighted by molar-refractivity contribution is 0.0728. The van der Waals surface area contributed by atoms with Crippen LogP contribution in [0.3, 0.4) is 0 Å². The van der Waals surface area contributed by atoms with Crippen molar-refractivity contribution >= 4 is 32.6 Å². The first kappa shape index (κ1) is 18.6. The summed E-state index contributed by atoms with van der Waals surface area (Å²) in [5, 5.41) is 5.08. The molecule has 0 spiro atoms. The van der Waals surface area contributed by atoms with Crippen LogP contribution in [0.25, 0.3) is 10.2 Å². The second-order valence-corrected chi connectivity index (χ2v) is 9.47. The standard InChI is InChI=1S/C22H26N4O2S/c1-13-20(14(2)28-24-13)21(27)25(3)17-10-15-8-9-26(12-16(15)11-17)22-23-18-6-4-5-7-19(18)29-22/h4-7,15-17H,8-12H2,1-3H3/t15-,16-,17+/m1/s1. The Bertz CT molecular complexity index is 1010. The van der Waals surface area contributed by atoms with Gasteiger partial charge in [-0.25, -0.2) is 4.98 Å². The minimum absolute atomic E-state index is 0.0351. The van der Waals surface area contributed by atoms with Gasteiger partial charge < -0.3 is 14.3 Å². The Morgan fingerprint density at radius 3 is 2.79 bits per heavy atom. The lowest BCUT2D eigenvalue weighted by Crippen LogP contribution is -2.38. The first-order valence-electron chi connectivity index (χ1n) is 10.3. The molecule has 1 aliphatic heterocycles. The van der Waals surface area contributed by atoms with Crippen LogP contribution in [0, 0.1) is 25.7 Å². The third-order valence-electron chi connectivity index (χ3n) is 6.71. The third-order valence-corrected chi connectivity index (χ3v) is 7.81. The van der Waals surface area contributed by atoms with Crippen molar-refractivity contribution in [2.24, 2.45) is 11.8 Å². The molecule has 29 heavy (non-hydrogen) atoms. The number of aromatic nitrogens is 2. The van der Waals surface area contributed by atoms with Crippen LogP contribution in [-0.4, -0.2) is 47.1 Å². The normalized spacial score (nSPS) is 24.1. The number of aryl methyl sites for hydroxylation is 2. The number of fused-ring (bicyclic) bond motifs is 2. The molecule has 0 radical (unpaired) electrons. The van der Waals surface area contributed by atoms with E-state index in [1.54, 1.807) is 11.3 Å². The molecule has 7 heteroatoms. The summed E-state index contributed by atoms with van der Waals surface area (Å²) < 4.78 is 6.45. The number of nitrogens with zero attached hydrogens (tertiary/aromatic N) is 4. The first-order chi connectivity index (χ1) is 14.0. The van der Waals surface area contributed by atoms with Gasteiger partial charge in [0, 0.05) is 26.2 Å². The monoisotopic (exact) mass is 410 g/mol. The van der Waals surface area contributed by atoms with Crippen molar-refractivity contribution < 1.29 is 9.32 Å². The number of benzene rings is 1. The van der Waals surface area contributed by atoms with Crippen LogP contribution in [0.1, 0.15) is 41.1 Å². The van der Waals surface area contributed by atoms with Crippen LogP contribution < -0.4 is 4.90 Å². The van der Waals surface area contributed by atoms with E-state index in [-0.39, 0.29) is 11.9 Å². The number of para-hydroxylation sites is 1. The zero-order chi connectivity index (χ0) is 20.1. The second-order valence-electron chi connectivity index (χ2n) is 8.46. The number of carbonyl (C=O) groups is 1. The van der Waals surface area contributed by atoms with Gasteiger partial charge in [-0.15, -0.1) is 0 Å². The van der Waals surface area contributed by atoms with Gasteiger partial charge in [-0.3, -0.25) is 4.79 Å². The molecule has 2 aliphatic rings. The maximum Gasteiger partial charge on any atom is 0.259 e. The van der Waals surface area contributed by atoms with Crippen molar-refractivity contribution in [3.05, 3.63) is 41.3 Å². The average Bonchev–Trinajstić information content (AvgIpc) is 3.42. The summed E-state index contributed by atoms with van der Waals surface area (Å²) in [7, 11) is 1.93. The fraction of sp³-hybridized carbons (Fsp3) is 0.500. The molecule has 1 saturated heterocycles. The molecule has 1 amide bonds. The Balaban J connectivity index is 1.29. The van der Waals surface area contributed by atoms with E-state index in [1.165, 1.54) is 11.1 Å². The summed E-state index contributed by atoms with van der Waals surface area (Å²) in [6, 6.07) is 8.63. The summed E-state index contributed by atoms with van der Waals surface area (Å²) in [4.78, 5) is 22.3. The summed E-state index contributed by atoms with van der Waals surface area (Å²) >= 11 is 1.78. The molecule has 2 aromatic heterocycles. The van der Waals surface area contributed by atoms with E-state index < -0.39 is 0 Å². The lowest BCUT2D eigenvalue weighted by atomic mass is 9.89. The van der Waals surface area contributed by atoms with Crippen molar-refractivity contribution in [2.45, 2.75) is 39.2 Å². The van der Waals surface area contributed by atoms with E-state index in [2.05, 4.69) is 28.3 Å². The predicted molar refractivity (Wildman–Crippen MR) is 115 cm³/mol. The predicted octanol–water partition coefficient (Wildman–Crippen LogP) is 4.28. The van der Waals surface area contributed by atoms with Crippen LogP contribution in [0.5, 0.6) is 0 Å². The molecule has 1 aliphatic carbocycles. The molecule has 0 bridgehead atoms. The Labute approximate surface area is 174 Å². The van der Waals surface area contributed by atoms with Gasteiger partial charge in [-0.05, 0) is 57.1 Å². The molecule has 152 valence electrons. The number of hydrogen-bond acceptors (Lipinski definition) is 6. The first-order valence-corrected chi connectivity index (χ1v) is 11.1. The minimum Gasteiger partial charge on any atom is -0.361 e. The van der Waals surface area contributed by atoms with Crippen LogP contribution in [0.4, 0.5) is 5.13 Å². The van der Waals surface area contributed by atoms with E-state index >= 15 is 0 Å². The van der Waals surface area contributed by atoms with Crippen molar-refractivity contribution in [1.82, 2.24) is 15.0 Å². The molecule has 3 heterocycles. The molecule has 1 saturated carbocycles. The number of hydrogen-bond donors (Lipinski definition) is 0. The zero-order valence-corrected chi connectivity index (χ0v) is 17.9. The Morgan fingerprint density at radius 1 is 1.24 bits per heavy atom. The Morgan fingerprint density at radius 2 is 2.03 bits per heavy atom. The largest absolute Gasteiger partial charge is 0.361 e. The molecule has 0 N–H and O–H groups in total. The molecule has 3 aromatic rings. The summed E-state index contributed by atoms with van der Waals surface area (Å²) in [5.74, 6) is 1.94. The number of piperidine rings is 1. The van der Waals surface area contributed by atoms with Crippen molar-refractivity contribution in [2.75, 3.05) is 25.0 Å². The van der Waals surface area contributed by atoms with Crippen molar-refractivity contribution in [3.63, 3.8) is 0 Å². The highest BCUT2D eigenvalue weighted by molar-refractivity contribution is 7.22. The van der Waals surface area contributed by atoms with Gasteiger partial charge in [-0.1, -0.05) is 28.6 Å².